The topological polar surface area (TPSA) is 91.5 Å². The molecule has 0 aliphatic heterocycles. The standard InChI is InChI=1S/C11H17ClN4O2/c1-2-16(4-3-5-17)11(18)8-6-9(12)10(15-13)14-7-8/h6-7,17H,2-5,13H2,1H3,(H,14,15). The predicted octanol–water partition coefficient (Wildman–Crippen LogP) is 0.865. The average molecular weight is 273 g/mol. The molecule has 1 rings (SSSR count). The van der Waals surface area contributed by atoms with E-state index in [2.05, 4.69) is 10.4 Å². The van der Waals surface area contributed by atoms with Crippen LogP contribution in [0.5, 0.6) is 0 Å². The molecule has 0 aromatic carbocycles. The van der Waals surface area contributed by atoms with E-state index < -0.39 is 0 Å². The van der Waals surface area contributed by atoms with Crippen LogP contribution in [0, 0.1) is 0 Å². The van der Waals surface area contributed by atoms with E-state index in [0.717, 1.165) is 0 Å². The van der Waals surface area contributed by atoms with Crippen LogP contribution in [0.15, 0.2) is 12.3 Å². The number of hydrogen-bond donors (Lipinski definition) is 3. The molecule has 0 saturated heterocycles. The minimum atomic E-state index is -0.163. The number of nitrogen functional groups attached to an aromatic ring is 1. The van der Waals surface area contributed by atoms with Crippen LogP contribution in [0.3, 0.4) is 0 Å². The van der Waals surface area contributed by atoms with Crippen molar-refractivity contribution in [3.8, 4) is 0 Å². The smallest absolute Gasteiger partial charge is 0.255 e. The third-order valence-electron chi connectivity index (χ3n) is 2.48. The van der Waals surface area contributed by atoms with Crippen LogP contribution in [-0.2, 0) is 0 Å². The van der Waals surface area contributed by atoms with Crippen LogP contribution in [-0.4, -0.2) is 40.6 Å². The molecule has 6 nitrogen and oxygen atoms in total. The Hall–Kier alpha value is -1.37. The lowest BCUT2D eigenvalue weighted by Crippen LogP contribution is -2.32. The number of nitrogens with zero attached hydrogens (tertiary/aromatic N) is 2. The molecule has 0 aliphatic carbocycles. The number of nitrogens with one attached hydrogen (secondary N) is 1. The first kappa shape index (κ1) is 14.7. The van der Waals surface area contributed by atoms with Gasteiger partial charge in [0.2, 0.25) is 0 Å². The first-order valence-corrected chi connectivity index (χ1v) is 6.04. The third-order valence-corrected chi connectivity index (χ3v) is 2.77. The quantitative estimate of drug-likeness (QED) is 0.528. The summed E-state index contributed by atoms with van der Waals surface area (Å²) in [7, 11) is 0. The van der Waals surface area contributed by atoms with Gasteiger partial charge in [0.15, 0.2) is 5.82 Å². The second kappa shape index (κ2) is 7.15. The zero-order chi connectivity index (χ0) is 13.5. The summed E-state index contributed by atoms with van der Waals surface area (Å²) in [5, 5.41) is 9.07. The third kappa shape index (κ3) is 3.56. The SMILES string of the molecule is CCN(CCCO)C(=O)c1cnc(NN)c(Cl)c1. The Labute approximate surface area is 111 Å². The zero-order valence-electron chi connectivity index (χ0n) is 10.2. The van der Waals surface area contributed by atoms with E-state index in [1.807, 2.05) is 6.92 Å². The molecular weight excluding hydrogens is 256 g/mol. The number of hydrazine groups is 1. The maximum Gasteiger partial charge on any atom is 0.255 e. The van der Waals surface area contributed by atoms with Gasteiger partial charge in [0.1, 0.15) is 0 Å². The molecule has 0 atom stereocenters. The Balaban J connectivity index is 2.84. The van der Waals surface area contributed by atoms with Crippen molar-refractivity contribution in [2.45, 2.75) is 13.3 Å². The van der Waals surface area contributed by atoms with Gasteiger partial charge in [-0.3, -0.25) is 4.79 Å². The lowest BCUT2D eigenvalue weighted by atomic mass is 10.2. The van der Waals surface area contributed by atoms with Gasteiger partial charge in [-0.1, -0.05) is 11.6 Å². The van der Waals surface area contributed by atoms with Gasteiger partial charge in [-0.25, -0.2) is 10.8 Å². The van der Waals surface area contributed by atoms with Crippen molar-refractivity contribution < 1.29 is 9.90 Å². The second-order valence-corrected chi connectivity index (χ2v) is 4.07. The van der Waals surface area contributed by atoms with E-state index >= 15 is 0 Å². The molecule has 0 aliphatic rings. The van der Waals surface area contributed by atoms with E-state index in [1.165, 1.54) is 12.3 Å². The van der Waals surface area contributed by atoms with E-state index in [0.29, 0.717) is 35.9 Å². The molecule has 0 bridgehead atoms. The molecular formula is C11H17ClN4O2. The number of anilines is 1. The summed E-state index contributed by atoms with van der Waals surface area (Å²) in [6, 6.07) is 1.52. The number of halogens is 1. The average Bonchev–Trinajstić information content (AvgIpc) is 2.39. The fraction of sp³-hybridized carbons (Fsp3) is 0.455. The highest BCUT2D eigenvalue weighted by atomic mass is 35.5. The van der Waals surface area contributed by atoms with Crippen molar-refractivity contribution in [1.82, 2.24) is 9.88 Å². The van der Waals surface area contributed by atoms with Gasteiger partial charge in [0.25, 0.3) is 5.91 Å². The number of hydrogen-bond acceptors (Lipinski definition) is 5. The molecule has 0 unspecified atom stereocenters. The first-order valence-electron chi connectivity index (χ1n) is 5.66. The molecule has 7 heteroatoms. The van der Waals surface area contributed by atoms with E-state index in [1.54, 1.807) is 4.90 Å². The molecule has 18 heavy (non-hydrogen) atoms. The first-order chi connectivity index (χ1) is 8.63. The predicted molar refractivity (Wildman–Crippen MR) is 70.3 cm³/mol. The maximum atomic E-state index is 12.1. The molecule has 0 saturated carbocycles. The Morgan fingerprint density at radius 3 is 2.89 bits per heavy atom. The van der Waals surface area contributed by atoms with E-state index in [4.69, 9.17) is 22.6 Å². The number of aromatic nitrogens is 1. The van der Waals surface area contributed by atoms with Crippen LogP contribution in [0.25, 0.3) is 0 Å². The lowest BCUT2D eigenvalue weighted by Gasteiger charge is -2.20. The fourth-order valence-corrected chi connectivity index (χ4v) is 1.73. The normalized spacial score (nSPS) is 10.2. The van der Waals surface area contributed by atoms with Crippen molar-refractivity contribution in [2.24, 2.45) is 5.84 Å². The van der Waals surface area contributed by atoms with Crippen LogP contribution in [0.2, 0.25) is 5.02 Å². The minimum absolute atomic E-state index is 0.0544. The molecule has 1 amide bonds. The number of carbonyl (C=O) groups is 1. The number of amides is 1. The number of carbonyl (C=O) groups excluding carboxylic acids is 1. The summed E-state index contributed by atoms with van der Waals surface area (Å²) in [5.74, 6) is 5.37. The molecule has 0 spiro atoms. The van der Waals surface area contributed by atoms with Gasteiger partial charge < -0.3 is 15.4 Å². The number of aliphatic hydroxyl groups excluding tert-OH is 1. The van der Waals surface area contributed by atoms with Gasteiger partial charge >= 0.3 is 0 Å². The van der Waals surface area contributed by atoms with Crippen molar-refractivity contribution in [3.05, 3.63) is 22.8 Å². The summed E-state index contributed by atoms with van der Waals surface area (Å²) in [5.41, 5.74) is 2.74. The van der Waals surface area contributed by atoms with Crippen LogP contribution in [0.1, 0.15) is 23.7 Å². The van der Waals surface area contributed by atoms with Crippen molar-refractivity contribution in [1.29, 1.82) is 0 Å². The van der Waals surface area contributed by atoms with Crippen LogP contribution >= 0.6 is 11.6 Å². The van der Waals surface area contributed by atoms with Crippen LogP contribution in [0.4, 0.5) is 5.82 Å². The van der Waals surface area contributed by atoms with E-state index in [9.17, 15) is 4.79 Å². The van der Waals surface area contributed by atoms with Crippen molar-refractivity contribution in [2.75, 3.05) is 25.1 Å². The highest BCUT2D eigenvalue weighted by Gasteiger charge is 2.15. The van der Waals surface area contributed by atoms with Gasteiger partial charge in [-0.2, -0.15) is 0 Å². The summed E-state index contributed by atoms with van der Waals surface area (Å²) in [6.07, 6.45) is 1.97. The molecule has 1 aromatic heterocycles. The molecule has 4 N–H and O–H groups in total. The summed E-state index contributed by atoms with van der Waals surface area (Å²) in [4.78, 5) is 17.7. The summed E-state index contributed by atoms with van der Waals surface area (Å²) in [6.45, 7) is 2.99. The summed E-state index contributed by atoms with van der Waals surface area (Å²) < 4.78 is 0. The van der Waals surface area contributed by atoms with Gasteiger partial charge in [0.05, 0.1) is 10.6 Å². The van der Waals surface area contributed by atoms with Crippen LogP contribution < -0.4 is 11.3 Å². The molecule has 0 radical (unpaired) electrons. The maximum absolute atomic E-state index is 12.1. The molecule has 1 heterocycles. The Kier molecular flexibility index (Phi) is 5.84. The Bertz CT molecular complexity index is 414. The summed E-state index contributed by atoms with van der Waals surface area (Å²) >= 11 is 5.91. The molecule has 1 aromatic rings. The minimum Gasteiger partial charge on any atom is -0.396 e. The number of rotatable bonds is 6. The number of pyridine rings is 1. The Morgan fingerprint density at radius 2 is 2.39 bits per heavy atom. The highest BCUT2D eigenvalue weighted by molar-refractivity contribution is 6.33. The lowest BCUT2D eigenvalue weighted by molar-refractivity contribution is 0.0754. The molecule has 0 fully saturated rings. The number of aliphatic hydroxyl groups is 1. The zero-order valence-corrected chi connectivity index (χ0v) is 10.9. The van der Waals surface area contributed by atoms with Gasteiger partial charge in [0, 0.05) is 25.9 Å². The Morgan fingerprint density at radius 1 is 1.67 bits per heavy atom. The van der Waals surface area contributed by atoms with Gasteiger partial charge in [-0.15, -0.1) is 0 Å². The van der Waals surface area contributed by atoms with Gasteiger partial charge in [-0.05, 0) is 19.4 Å². The largest absolute Gasteiger partial charge is 0.396 e. The van der Waals surface area contributed by atoms with E-state index in [-0.39, 0.29) is 12.5 Å². The monoisotopic (exact) mass is 272 g/mol. The second-order valence-electron chi connectivity index (χ2n) is 3.66. The highest BCUT2D eigenvalue weighted by Crippen LogP contribution is 2.19. The fourth-order valence-electron chi connectivity index (χ4n) is 1.51. The number of nitrogens with two attached hydrogens (primary N) is 1. The van der Waals surface area contributed by atoms with Crippen molar-refractivity contribution >= 4 is 23.3 Å². The van der Waals surface area contributed by atoms with Crippen molar-refractivity contribution in [3.63, 3.8) is 0 Å². The molecule has 100 valence electrons.